The van der Waals surface area contributed by atoms with Crippen LogP contribution in [-0.2, 0) is 22.4 Å². The Morgan fingerprint density at radius 1 is 1.09 bits per heavy atom. The zero-order valence-electron chi connectivity index (χ0n) is 17.0. The van der Waals surface area contributed by atoms with Crippen molar-refractivity contribution < 1.29 is 29.7 Å². The number of carboxylic acid groups (broad SMARTS) is 2. The predicted molar refractivity (Wildman–Crippen MR) is 114 cm³/mol. The van der Waals surface area contributed by atoms with Crippen molar-refractivity contribution in [2.75, 3.05) is 5.73 Å². The summed E-state index contributed by atoms with van der Waals surface area (Å²) in [6.45, 7) is 0. The molecular weight excluding hydrogens is 418 g/mol. The van der Waals surface area contributed by atoms with E-state index in [9.17, 15) is 19.5 Å². The fraction of sp³-hybridized carbons (Fsp3) is 0.286. The number of carbonyl (C=O) groups is 3. The van der Waals surface area contributed by atoms with Gasteiger partial charge in [0.2, 0.25) is 11.8 Å². The molecule has 0 spiro atoms. The van der Waals surface area contributed by atoms with Crippen molar-refractivity contribution in [3.05, 3.63) is 47.2 Å². The van der Waals surface area contributed by atoms with Crippen LogP contribution in [-0.4, -0.2) is 54.2 Å². The van der Waals surface area contributed by atoms with E-state index >= 15 is 0 Å². The molecule has 168 valence electrons. The van der Waals surface area contributed by atoms with Crippen LogP contribution in [0.15, 0.2) is 30.5 Å². The second kappa shape index (κ2) is 9.77. The normalized spacial score (nSPS) is 11.9. The summed E-state index contributed by atoms with van der Waals surface area (Å²) in [5.74, 6) is -3.17. The molecule has 0 saturated carbocycles. The molecule has 0 aliphatic heterocycles. The maximum absolute atomic E-state index is 12.3. The molecular formula is C21H23N5O6. The number of aromatic hydroxyl groups is 1. The van der Waals surface area contributed by atoms with E-state index in [0.717, 1.165) is 17.5 Å². The van der Waals surface area contributed by atoms with Gasteiger partial charge in [0.15, 0.2) is 0 Å². The first kappa shape index (κ1) is 22.5. The molecule has 1 atom stereocenters. The third-order valence-corrected chi connectivity index (χ3v) is 4.99. The number of carbonyl (C=O) groups excluding carboxylic acids is 1. The van der Waals surface area contributed by atoms with E-state index in [1.165, 1.54) is 0 Å². The van der Waals surface area contributed by atoms with Gasteiger partial charge in [-0.2, -0.15) is 9.97 Å². The molecule has 2 aromatic heterocycles. The highest BCUT2D eigenvalue weighted by atomic mass is 16.4. The number of anilines is 1. The van der Waals surface area contributed by atoms with Crippen molar-refractivity contribution in [2.24, 2.45) is 0 Å². The lowest BCUT2D eigenvalue weighted by molar-refractivity contribution is -0.140. The smallest absolute Gasteiger partial charge is 0.326 e. The minimum absolute atomic E-state index is 0.0101. The lowest BCUT2D eigenvalue weighted by atomic mass is 10.0. The van der Waals surface area contributed by atoms with Crippen molar-refractivity contribution in [2.45, 2.75) is 38.1 Å². The summed E-state index contributed by atoms with van der Waals surface area (Å²) in [4.78, 5) is 45.0. The quantitative estimate of drug-likeness (QED) is 0.270. The van der Waals surface area contributed by atoms with Crippen molar-refractivity contribution in [1.82, 2.24) is 20.3 Å². The Morgan fingerprint density at radius 2 is 1.81 bits per heavy atom. The van der Waals surface area contributed by atoms with Gasteiger partial charge < -0.3 is 31.4 Å². The number of aromatic amines is 1. The molecule has 2 heterocycles. The Labute approximate surface area is 182 Å². The summed E-state index contributed by atoms with van der Waals surface area (Å²) in [5.41, 5.74) is 8.14. The van der Waals surface area contributed by atoms with Crippen molar-refractivity contribution in [3.63, 3.8) is 0 Å². The zero-order valence-corrected chi connectivity index (χ0v) is 17.0. The predicted octanol–water partition coefficient (Wildman–Crippen LogP) is 1.47. The number of hydrogen-bond donors (Lipinski definition) is 6. The van der Waals surface area contributed by atoms with Gasteiger partial charge in [-0.3, -0.25) is 9.59 Å². The number of fused-ring (bicyclic) bond motifs is 1. The molecule has 7 N–H and O–H groups in total. The van der Waals surface area contributed by atoms with Crippen molar-refractivity contribution >= 4 is 34.8 Å². The van der Waals surface area contributed by atoms with Crippen LogP contribution in [0, 0.1) is 0 Å². The number of H-pyrrole nitrogens is 1. The Bertz CT molecular complexity index is 1140. The third-order valence-electron chi connectivity index (χ3n) is 4.99. The average molecular weight is 441 g/mol. The monoisotopic (exact) mass is 441 g/mol. The first-order chi connectivity index (χ1) is 15.2. The number of aryl methyl sites for hydroxylation is 2. The topological polar surface area (TPSA) is 192 Å². The van der Waals surface area contributed by atoms with Gasteiger partial charge in [-0.25, -0.2) is 4.79 Å². The number of aromatic nitrogens is 3. The van der Waals surface area contributed by atoms with Gasteiger partial charge in [-0.15, -0.1) is 0 Å². The van der Waals surface area contributed by atoms with E-state index in [1.54, 1.807) is 30.5 Å². The number of aliphatic carboxylic acids is 2. The third kappa shape index (κ3) is 5.50. The van der Waals surface area contributed by atoms with Crippen LogP contribution >= 0.6 is 0 Å². The number of amides is 1. The Morgan fingerprint density at radius 3 is 2.47 bits per heavy atom. The van der Waals surface area contributed by atoms with Crippen LogP contribution in [0.3, 0.4) is 0 Å². The summed E-state index contributed by atoms with van der Waals surface area (Å²) in [7, 11) is 0. The lowest BCUT2D eigenvalue weighted by Crippen LogP contribution is -2.41. The van der Waals surface area contributed by atoms with Crippen LogP contribution in [0.2, 0.25) is 0 Å². The Kier molecular flexibility index (Phi) is 6.88. The maximum Gasteiger partial charge on any atom is 0.326 e. The number of hydrogen-bond acceptors (Lipinski definition) is 7. The van der Waals surface area contributed by atoms with Crippen LogP contribution in [0.5, 0.6) is 5.88 Å². The van der Waals surface area contributed by atoms with Crippen molar-refractivity contribution in [3.8, 4) is 5.88 Å². The molecule has 0 unspecified atom stereocenters. The van der Waals surface area contributed by atoms with Gasteiger partial charge in [-0.05, 0) is 48.9 Å². The largest absolute Gasteiger partial charge is 0.493 e. The molecule has 3 aromatic rings. The number of nitrogens with one attached hydrogen (secondary N) is 2. The number of benzene rings is 1. The molecule has 0 aliphatic carbocycles. The van der Waals surface area contributed by atoms with E-state index in [0.29, 0.717) is 23.9 Å². The number of nitrogens with two attached hydrogens (primary N) is 1. The molecule has 1 amide bonds. The highest BCUT2D eigenvalue weighted by Gasteiger charge is 2.21. The molecule has 0 fully saturated rings. The van der Waals surface area contributed by atoms with Crippen LogP contribution < -0.4 is 11.1 Å². The average Bonchev–Trinajstić information content (AvgIpc) is 3.14. The van der Waals surface area contributed by atoms with Crippen LogP contribution in [0.1, 0.15) is 40.7 Å². The molecule has 32 heavy (non-hydrogen) atoms. The minimum atomic E-state index is -1.28. The number of carboxylic acids is 2. The van der Waals surface area contributed by atoms with Crippen molar-refractivity contribution in [1.29, 1.82) is 0 Å². The Balaban J connectivity index is 1.56. The van der Waals surface area contributed by atoms with Gasteiger partial charge in [0.25, 0.3) is 5.91 Å². The molecule has 0 aliphatic rings. The molecule has 0 radical (unpaired) electrons. The van der Waals surface area contributed by atoms with Gasteiger partial charge in [0.05, 0.1) is 5.39 Å². The molecule has 11 heteroatoms. The van der Waals surface area contributed by atoms with E-state index < -0.39 is 23.9 Å². The maximum atomic E-state index is 12.3. The number of rotatable bonds is 10. The number of nitrogens with zero attached hydrogens (tertiary/aromatic N) is 2. The fourth-order valence-corrected chi connectivity index (χ4v) is 3.36. The minimum Gasteiger partial charge on any atom is -0.493 e. The molecule has 0 saturated heterocycles. The highest BCUT2D eigenvalue weighted by Crippen LogP contribution is 2.26. The standard InChI is InChI=1S/C21H23N5O6/c22-21-25-17-16(19(30)26-21)13(10-23-17)3-1-2-11-4-6-12(7-5-11)18(29)24-14(20(31)32)8-9-15(27)28/h4-7,10,14H,1-3,8-9H2,(H,24,29)(H,27,28)(H,31,32)(H4,22,23,25,26,30)/t14-/m1/s1. The second-order valence-electron chi connectivity index (χ2n) is 7.29. The van der Waals surface area contributed by atoms with Gasteiger partial charge in [0, 0.05) is 18.2 Å². The van der Waals surface area contributed by atoms with Gasteiger partial charge in [0.1, 0.15) is 11.7 Å². The first-order valence-corrected chi connectivity index (χ1v) is 9.91. The highest BCUT2D eigenvalue weighted by molar-refractivity contribution is 5.96. The van der Waals surface area contributed by atoms with Gasteiger partial charge >= 0.3 is 11.9 Å². The van der Waals surface area contributed by atoms with E-state index in [4.69, 9.17) is 15.9 Å². The molecule has 1 aromatic carbocycles. The van der Waals surface area contributed by atoms with E-state index in [2.05, 4.69) is 20.3 Å². The summed E-state index contributed by atoms with van der Waals surface area (Å²) < 4.78 is 0. The fourth-order valence-electron chi connectivity index (χ4n) is 3.36. The molecule has 3 rings (SSSR count). The van der Waals surface area contributed by atoms with E-state index in [-0.39, 0.29) is 30.2 Å². The molecule has 0 bridgehead atoms. The van der Waals surface area contributed by atoms with Crippen LogP contribution in [0.4, 0.5) is 5.95 Å². The lowest BCUT2D eigenvalue weighted by Gasteiger charge is -2.13. The second-order valence-corrected chi connectivity index (χ2v) is 7.29. The summed E-state index contributed by atoms with van der Waals surface area (Å²) >= 11 is 0. The molecule has 11 nitrogen and oxygen atoms in total. The summed E-state index contributed by atoms with van der Waals surface area (Å²) in [6, 6.07) is 5.46. The summed E-state index contributed by atoms with van der Waals surface area (Å²) in [5, 5.41) is 30.8. The van der Waals surface area contributed by atoms with E-state index in [1.807, 2.05) is 0 Å². The SMILES string of the molecule is Nc1nc(O)c2c(CCCc3ccc(C(=O)N[C@H](CCC(=O)O)C(=O)O)cc3)c[nH]c2n1. The zero-order chi connectivity index (χ0) is 23.3. The summed E-state index contributed by atoms with van der Waals surface area (Å²) in [6.07, 6.45) is 3.33. The van der Waals surface area contributed by atoms with Crippen LogP contribution in [0.25, 0.3) is 11.0 Å². The Hall–Kier alpha value is -4.15. The van der Waals surface area contributed by atoms with Gasteiger partial charge in [-0.1, -0.05) is 12.1 Å². The number of nitrogen functional groups attached to an aromatic ring is 1. The first-order valence-electron chi connectivity index (χ1n) is 9.91.